The lowest BCUT2D eigenvalue weighted by molar-refractivity contribution is -0.142. The molecule has 4 N–H and O–H groups in total. The van der Waals surface area contributed by atoms with Crippen LogP contribution < -0.4 is 14.8 Å². The van der Waals surface area contributed by atoms with E-state index in [1.807, 2.05) is 12.1 Å². The average Bonchev–Trinajstić information content (AvgIpc) is 2.78. The van der Waals surface area contributed by atoms with Crippen molar-refractivity contribution in [3.05, 3.63) is 66.2 Å². The van der Waals surface area contributed by atoms with Gasteiger partial charge in [0.05, 0.1) is 17.0 Å². The molecule has 34 heavy (non-hydrogen) atoms. The average molecular weight is 484 g/mol. The summed E-state index contributed by atoms with van der Waals surface area (Å²) in [6, 6.07) is 14.7. The van der Waals surface area contributed by atoms with Crippen LogP contribution in [0, 0.1) is 0 Å². The zero-order chi connectivity index (χ0) is 24.5. The molecule has 0 spiro atoms. The van der Waals surface area contributed by atoms with Crippen molar-refractivity contribution in [3.63, 3.8) is 0 Å². The highest BCUT2D eigenvalue weighted by atomic mass is 32.2. The number of amides is 1. The van der Waals surface area contributed by atoms with E-state index < -0.39 is 46.4 Å². The summed E-state index contributed by atoms with van der Waals surface area (Å²) in [5.74, 6) is -2.97. The Balaban J connectivity index is 1.53. The van der Waals surface area contributed by atoms with Gasteiger partial charge in [-0.25, -0.2) is 8.42 Å². The van der Waals surface area contributed by atoms with E-state index in [4.69, 9.17) is 9.84 Å². The van der Waals surface area contributed by atoms with Crippen molar-refractivity contribution >= 4 is 44.3 Å². The Kier molecular flexibility index (Phi) is 6.22. The van der Waals surface area contributed by atoms with Crippen LogP contribution in [0.3, 0.4) is 0 Å². The van der Waals surface area contributed by atoms with E-state index in [1.165, 1.54) is 30.3 Å². The number of rotatable bonds is 8. The molecule has 1 unspecified atom stereocenters. The maximum absolute atomic E-state index is 12.9. The Labute approximate surface area is 194 Å². The van der Waals surface area contributed by atoms with Crippen LogP contribution in [-0.2, 0) is 30.8 Å². The molecule has 10 nitrogen and oxygen atoms in total. The number of hydrogen-bond acceptors (Lipinski definition) is 6. The van der Waals surface area contributed by atoms with Gasteiger partial charge in [0.1, 0.15) is 11.8 Å². The second-order valence-corrected chi connectivity index (χ2v) is 9.46. The van der Waals surface area contributed by atoms with Gasteiger partial charge in [0.2, 0.25) is 10.0 Å². The maximum Gasteiger partial charge on any atom is 0.322 e. The van der Waals surface area contributed by atoms with Crippen molar-refractivity contribution in [1.82, 2.24) is 4.72 Å². The molecule has 2 atom stereocenters. The van der Waals surface area contributed by atoms with Gasteiger partial charge in [-0.2, -0.15) is 4.72 Å². The van der Waals surface area contributed by atoms with E-state index in [0.29, 0.717) is 10.9 Å². The molecule has 4 rings (SSSR count). The van der Waals surface area contributed by atoms with Crippen LogP contribution in [0.1, 0.15) is 12.0 Å². The number of carboxylic acids is 2. The minimum atomic E-state index is -4.14. The molecule has 1 aliphatic heterocycles. The number of nitrogens with one attached hydrogen (secondary N) is 2. The molecule has 3 aromatic rings. The summed E-state index contributed by atoms with van der Waals surface area (Å²) >= 11 is 0. The minimum Gasteiger partial charge on any atom is -0.481 e. The third kappa shape index (κ3) is 5.00. The molecular weight excluding hydrogens is 464 g/mol. The summed E-state index contributed by atoms with van der Waals surface area (Å²) in [5.41, 5.74) is 0.665. The molecule has 0 aromatic heterocycles. The fourth-order valence-corrected chi connectivity index (χ4v) is 4.85. The van der Waals surface area contributed by atoms with Crippen LogP contribution in [0.4, 0.5) is 5.69 Å². The maximum atomic E-state index is 12.9. The number of carbonyl (C=O) groups is 3. The normalized spacial score (nSPS) is 16.2. The largest absolute Gasteiger partial charge is 0.481 e. The first-order chi connectivity index (χ1) is 16.1. The highest BCUT2D eigenvalue weighted by Gasteiger charge is 2.31. The van der Waals surface area contributed by atoms with Crippen LogP contribution in [0.2, 0.25) is 0 Å². The summed E-state index contributed by atoms with van der Waals surface area (Å²) in [4.78, 5) is 34.7. The van der Waals surface area contributed by atoms with Gasteiger partial charge in [-0.05, 0) is 47.0 Å². The fraction of sp³-hybridized carbons (Fsp3) is 0.174. The number of sulfonamides is 1. The predicted molar refractivity (Wildman–Crippen MR) is 121 cm³/mol. The SMILES string of the molecule is O=C(O)CC1Oc2ccc(C[C@H](NS(=O)(=O)c3ccc4ccccc4c3)C(=O)O)cc2NC1=O. The Morgan fingerprint density at radius 1 is 1.03 bits per heavy atom. The Morgan fingerprint density at radius 2 is 1.76 bits per heavy atom. The smallest absolute Gasteiger partial charge is 0.322 e. The molecule has 0 radical (unpaired) electrons. The number of aliphatic carboxylic acids is 2. The van der Waals surface area contributed by atoms with E-state index >= 15 is 0 Å². The molecule has 1 amide bonds. The summed E-state index contributed by atoms with van der Waals surface area (Å²) in [5, 5.41) is 22.6. The Bertz CT molecular complexity index is 1400. The highest BCUT2D eigenvalue weighted by molar-refractivity contribution is 7.89. The first-order valence-electron chi connectivity index (χ1n) is 10.2. The molecule has 3 aromatic carbocycles. The molecule has 1 aliphatic rings. The zero-order valence-corrected chi connectivity index (χ0v) is 18.4. The lowest BCUT2D eigenvalue weighted by Gasteiger charge is -2.25. The predicted octanol–water partition coefficient (Wildman–Crippen LogP) is 1.99. The number of hydrogen-bond donors (Lipinski definition) is 4. The van der Waals surface area contributed by atoms with E-state index in [0.717, 1.165) is 5.39 Å². The summed E-state index contributed by atoms with van der Waals surface area (Å²) in [6.07, 6.45) is -1.90. The number of carboxylic acid groups (broad SMARTS) is 2. The molecule has 11 heteroatoms. The van der Waals surface area contributed by atoms with Crippen molar-refractivity contribution in [3.8, 4) is 5.75 Å². The van der Waals surface area contributed by atoms with Crippen LogP contribution >= 0.6 is 0 Å². The van der Waals surface area contributed by atoms with Gasteiger partial charge in [-0.3, -0.25) is 14.4 Å². The van der Waals surface area contributed by atoms with Gasteiger partial charge in [0.15, 0.2) is 6.10 Å². The number of fused-ring (bicyclic) bond motifs is 2. The van der Waals surface area contributed by atoms with E-state index in [9.17, 15) is 27.9 Å². The highest BCUT2D eigenvalue weighted by Crippen LogP contribution is 2.31. The number of anilines is 1. The second-order valence-electron chi connectivity index (χ2n) is 7.75. The second kappa shape index (κ2) is 9.12. The van der Waals surface area contributed by atoms with Gasteiger partial charge in [-0.15, -0.1) is 0 Å². The lowest BCUT2D eigenvalue weighted by atomic mass is 10.0. The minimum absolute atomic E-state index is 0.0620. The van der Waals surface area contributed by atoms with Crippen LogP contribution in [-0.4, -0.2) is 48.6 Å². The molecule has 0 fully saturated rings. The summed E-state index contributed by atoms with van der Waals surface area (Å²) in [6.45, 7) is 0. The van der Waals surface area contributed by atoms with Gasteiger partial charge in [-0.1, -0.05) is 36.4 Å². The zero-order valence-electron chi connectivity index (χ0n) is 17.6. The van der Waals surface area contributed by atoms with E-state index in [2.05, 4.69) is 10.0 Å². The summed E-state index contributed by atoms with van der Waals surface area (Å²) < 4.78 is 33.4. The molecular formula is C23H20N2O8S. The fourth-order valence-electron chi connectivity index (χ4n) is 3.62. The Morgan fingerprint density at radius 3 is 2.47 bits per heavy atom. The van der Waals surface area contributed by atoms with Gasteiger partial charge in [0, 0.05) is 0 Å². The van der Waals surface area contributed by atoms with Crippen molar-refractivity contribution in [2.45, 2.75) is 29.9 Å². The monoisotopic (exact) mass is 484 g/mol. The topological polar surface area (TPSA) is 159 Å². The van der Waals surface area contributed by atoms with E-state index in [-0.39, 0.29) is 22.8 Å². The lowest BCUT2D eigenvalue weighted by Crippen LogP contribution is -2.42. The van der Waals surface area contributed by atoms with Crippen LogP contribution in [0.15, 0.2) is 65.6 Å². The van der Waals surface area contributed by atoms with E-state index in [1.54, 1.807) is 18.2 Å². The van der Waals surface area contributed by atoms with Crippen molar-refractivity contribution < 1.29 is 37.8 Å². The molecule has 0 bridgehead atoms. The molecule has 0 saturated carbocycles. The number of ether oxygens (including phenoxy) is 1. The van der Waals surface area contributed by atoms with Crippen LogP contribution in [0.25, 0.3) is 10.8 Å². The molecule has 0 aliphatic carbocycles. The van der Waals surface area contributed by atoms with Gasteiger partial charge in [0.25, 0.3) is 5.91 Å². The molecule has 176 valence electrons. The van der Waals surface area contributed by atoms with Gasteiger partial charge < -0.3 is 20.3 Å². The van der Waals surface area contributed by atoms with Crippen LogP contribution in [0.5, 0.6) is 5.75 Å². The first kappa shape index (κ1) is 23.2. The number of benzene rings is 3. The van der Waals surface area contributed by atoms with Crippen molar-refractivity contribution in [1.29, 1.82) is 0 Å². The number of carbonyl (C=O) groups excluding carboxylic acids is 1. The summed E-state index contributed by atoms with van der Waals surface area (Å²) in [7, 11) is -4.14. The quantitative estimate of drug-likeness (QED) is 0.378. The Hall–Kier alpha value is -3.96. The molecule has 0 saturated heterocycles. The molecule has 1 heterocycles. The standard InChI is InChI=1S/C23H20N2O8S/c26-21(27)12-20-22(28)24-17-9-13(5-8-19(17)33-20)10-18(23(29)30)25-34(31,32)16-7-6-14-3-1-2-4-15(14)11-16/h1-9,11,18,20,25H,10,12H2,(H,24,28)(H,26,27)(H,29,30)/t18-,20?/m0/s1. The third-order valence-corrected chi connectivity index (χ3v) is 6.76. The first-order valence-corrected chi connectivity index (χ1v) is 11.7. The van der Waals surface area contributed by atoms with Gasteiger partial charge >= 0.3 is 11.9 Å². The van der Waals surface area contributed by atoms with Crippen molar-refractivity contribution in [2.24, 2.45) is 0 Å². The third-order valence-electron chi connectivity index (χ3n) is 5.29. The van der Waals surface area contributed by atoms with Crippen molar-refractivity contribution in [2.75, 3.05) is 5.32 Å².